The first-order valence-electron chi connectivity index (χ1n) is 5.32. The highest BCUT2D eigenvalue weighted by Gasteiger charge is 2.21. The normalized spacial score (nSPS) is 11.8. The van der Waals surface area contributed by atoms with Crippen LogP contribution in [-0.2, 0) is 4.79 Å². The minimum absolute atomic E-state index is 0.00646. The summed E-state index contributed by atoms with van der Waals surface area (Å²) in [5.41, 5.74) is 1.27. The van der Waals surface area contributed by atoms with Crippen LogP contribution >= 0.6 is 22.6 Å². The van der Waals surface area contributed by atoms with Crippen molar-refractivity contribution in [3.8, 4) is 0 Å². The molecule has 0 aliphatic carbocycles. The Kier molecular flexibility index (Phi) is 3.11. The second-order valence-electron chi connectivity index (χ2n) is 4.93. The number of carbonyl (C=O) groups is 1. The molecule has 4 nitrogen and oxygen atoms in total. The van der Waals surface area contributed by atoms with Crippen molar-refractivity contribution in [2.24, 2.45) is 5.41 Å². The highest BCUT2D eigenvalue weighted by molar-refractivity contribution is 14.1. The number of imidazole rings is 1. The van der Waals surface area contributed by atoms with E-state index in [0.29, 0.717) is 0 Å². The summed E-state index contributed by atoms with van der Waals surface area (Å²) in [6.07, 6.45) is 3.68. The second kappa shape index (κ2) is 4.29. The molecule has 90 valence electrons. The van der Waals surface area contributed by atoms with E-state index < -0.39 is 5.41 Å². The number of pyridine rings is 1. The fourth-order valence-electron chi connectivity index (χ4n) is 1.34. The largest absolute Gasteiger partial charge is 0.324 e. The van der Waals surface area contributed by atoms with Crippen molar-refractivity contribution >= 4 is 39.8 Å². The summed E-state index contributed by atoms with van der Waals surface area (Å²) in [7, 11) is 0. The molecule has 0 unspecified atom stereocenters. The number of amides is 1. The Morgan fingerprint density at radius 2 is 2.12 bits per heavy atom. The number of aromatic nitrogens is 2. The Labute approximate surface area is 114 Å². The third-order valence-corrected chi connectivity index (χ3v) is 3.20. The van der Waals surface area contributed by atoms with Crippen molar-refractivity contribution in [3.63, 3.8) is 0 Å². The van der Waals surface area contributed by atoms with Crippen molar-refractivity contribution in [3.05, 3.63) is 28.2 Å². The quantitative estimate of drug-likeness (QED) is 0.810. The van der Waals surface area contributed by atoms with Crippen LogP contribution < -0.4 is 5.32 Å². The van der Waals surface area contributed by atoms with Crippen molar-refractivity contribution in [1.29, 1.82) is 0 Å². The number of halogens is 1. The predicted molar refractivity (Wildman–Crippen MR) is 76.0 cm³/mol. The number of nitrogens with one attached hydrogen (secondary N) is 1. The first-order valence-corrected chi connectivity index (χ1v) is 6.40. The third kappa shape index (κ3) is 2.59. The number of anilines is 1. The first kappa shape index (κ1) is 12.3. The Balaban J connectivity index is 2.31. The summed E-state index contributed by atoms with van der Waals surface area (Å²) in [6.45, 7) is 5.67. The smallest absolute Gasteiger partial charge is 0.229 e. The maximum atomic E-state index is 11.9. The van der Waals surface area contributed by atoms with Crippen molar-refractivity contribution in [1.82, 2.24) is 9.38 Å². The van der Waals surface area contributed by atoms with Gasteiger partial charge in [0, 0.05) is 11.6 Å². The molecule has 2 aromatic rings. The lowest BCUT2D eigenvalue weighted by Crippen LogP contribution is -2.27. The molecule has 0 bridgehead atoms. The van der Waals surface area contributed by atoms with Gasteiger partial charge >= 0.3 is 0 Å². The standard InChI is InChI=1S/C12H14IN3O/c1-12(2,3)11(17)15-8-4-5-10-14-6-9(13)16(10)7-8/h4-7H,1-3H3,(H,15,17). The van der Waals surface area contributed by atoms with Crippen LogP contribution in [0.1, 0.15) is 20.8 Å². The van der Waals surface area contributed by atoms with E-state index >= 15 is 0 Å². The van der Waals surface area contributed by atoms with Crippen LogP contribution in [0.15, 0.2) is 24.5 Å². The van der Waals surface area contributed by atoms with E-state index in [-0.39, 0.29) is 5.91 Å². The van der Waals surface area contributed by atoms with Gasteiger partial charge in [-0.15, -0.1) is 0 Å². The van der Waals surface area contributed by atoms with Gasteiger partial charge in [0.1, 0.15) is 9.35 Å². The molecule has 2 heterocycles. The highest BCUT2D eigenvalue weighted by Crippen LogP contribution is 2.18. The van der Waals surface area contributed by atoms with E-state index in [1.807, 2.05) is 43.5 Å². The topological polar surface area (TPSA) is 46.4 Å². The minimum atomic E-state index is -0.392. The number of fused-ring (bicyclic) bond motifs is 1. The number of nitrogens with zero attached hydrogens (tertiary/aromatic N) is 2. The van der Waals surface area contributed by atoms with Gasteiger partial charge in [0.15, 0.2) is 0 Å². The highest BCUT2D eigenvalue weighted by atomic mass is 127. The van der Waals surface area contributed by atoms with Gasteiger partial charge in [0.2, 0.25) is 5.91 Å². The van der Waals surface area contributed by atoms with E-state index in [2.05, 4.69) is 32.9 Å². The van der Waals surface area contributed by atoms with Crippen LogP contribution in [0.2, 0.25) is 0 Å². The maximum absolute atomic E-state index is 11.9. The molecule has 0 atom stereocenters. The van der Waals surface area contributed by atoms with Gasteiger partial charge in [0.25, 0.3) is 0 Å². The van der Waals surface area contributed by atoms with Crippen LogP contribution in [0, 0.1) is 9.12 Å². The molecule has 1 amide bonds. The molecular formula is C12H14IN3O. The van der Waals surface area contributed by atoms with Crippen molar-refractivity contribution in [2.75, 3.05) is 5.32 Å². The molecule has 0 aromatic carbocycles. The number of carbonyl (C=O) groups excluding carboxylic acids is 1. The van der Waals surface area contributed by atoms with Gasteiger partial charge in [-0.2, -0.15) is 0 Å². The fourth-order valence-corrected chi connectivity index (χ4v) is 1.87. The lowest BCUT2D eigenvalue weighted by Gasteiger charge is -2.17. The Hall–Kier alpha value is -1.11. The zero-order valence-corrected chi connectivity index (χ0v) is 12.1. The minimum Gasteiger partial charge on any atom is -0.324 e. The molecule has 0 fully saturated rings. The fraction of sp³-hybridized carbons (Fsp3) is 0.333. The van der Waals surface area contributed by atoms with Crippen LogP contribution in [0.4, 0.5) is 5.69 Å². The summed E-state index contributed by atoms with van der Waals surface area (Å²) in [5, 5.41) is 2.90. The lowest BCUT2D eigenvalue weighted by atomic mass is 9.96. The first-order chi connectivity index (χ1) is 7.88. The van der Waals surface area contributed by atoms with E-state index in [1.165, 1.54) is 0 Å². The lowest BCUT2D eigenvalue weighted by molar-refractivity contribution is -0.123. The van der Waals surface area contributed by atoms with Crippen LogP contribution in [0.5, 0.6) is 0 Å². The van der Waals surface area contributed by atoms with Gasteiger partial charge in [-0.3, -0.25) is 9.20 Å². The monoisotopic (exact) mass is 343 g/mol. The van der Waals surface area contributed by atoms with Crippen molar-refractivity contribution in [2.45, 2.75) is 20.8 Å². The van der Waals surface area contributed by atoms with E-state index in [4.69, 9.17) is 0 Å². The second-order valence-corrected chi connectivity index (χ2v) is 6.04. The SMILES string of the molecule is CC(C)(C)C(=O)Nc1ccc2ncc(I)n2c1. The molecular weight excluding hydrogens is 329 g/mol. The van der Waals surface area contributed by atoms with Crippen LogP contribution in [0.25, 0.3) is 5.65 Å². The molecule has 2 rings (SSSR count). The van der Waals surface area contributed by atoms with Gasteiger partial charge < -0.3 is 5.32 Å². The molecule has 0 spiro atoms. The summed E-state index contributed by atoms with van der Waals surface area (Å²) < 4.78 is 2.96. The summed E-state index contributed by atoms with van der Waals surface area (Å²) in [6, 6.07) is 3.75. The maximum Gasteiger partial charge on any atom is 0.229 e. The number of hydrogen-bond donors (Lipinski definition) is 1. The molecule has 0 saturated carbocycles. The van der Waals surface area contributed by atoms with E-state index in [9.17, 15) is 4.79 Å². The zero-order valence-electron chi connectivity index (χ0n) is 9.99. The van der Waals surface area contributed by atoms with E-state index in [1.54, 1.807) is 6.20 Å². The summed E-state index contributed by atoms with van der Waals surface area (Å²) >= 11 is 2.21. The van der Waals surface area contributed by atoms with Crippen LogP contribution in [-0.4, -0.2) is 15.3 Å². The molecule has 0 saturated heterocycles. The number of hydrogen-bond acceptors (Lipinski definition) is 2. The Bertz CT molecular complexity index is 569. The average molecular weight is 343 g/mol. The molecule has 1 N–H and O–H groups in total. The van der Waals surface area contributed by atoms with Gasteiger partial charge in [0.05, 0.1) is 11.9 Å². The van der Waals surface area contributed by atoms with Gasteiger partial charge in [-0.1, -0.05) is 20.8 Å². The summed E-state index contributed by atoms with van der Waals surface area (Å²) in [5.74, 6) is 0.00646. The Morgan fingerprint density at radius 3 is 2.76 bits per heavy atom. The van der Waals surface area contributed by atoms with Crippen LogP contribution in [0.3, 0.4) is 0 Å². The molecule has 0 aliphatic heterocycles. The van der Waals surface area contributed by atoms with Crippen molar-refractivity contribution < 1.29 is 4.79 Å². The number of rotatable bonds is 1. The average Bonchev–Trinajstić information content (AvgIpc) is 2.59. The third-order valence-electron chi connectivity index (χ3n) is 2.40. The predicted octanol–water partition coefficient (Wildman–Crippen LogP) is 2.92. The van der Waals surface area contributed by atoms with Gasteiger partial charge in [-0.05, 0) is 34.7 Å². The molecule has 5 heteroatoms. The van der Waals surface area contributed by atoms with Gasteiger partial charge in [-0.25, -0.2) is 4.98 Å². The zero-order chi connectivity index (χ0) is 12.6. The molecule has 17 heavy (non-hydrogen) atoms. The summed E-state index contributed by atoms with van der Waals surface area (Å²) in [4.78, 5) is 16.1. The molecule has 0 radical (unpaired) electrons. The Morgan fingerprint density at radius 1 is 1.41 bits per heavy atom. The molecule has 0 aliphatic rings. The molecule has 2 aromatic heterocycles. The van der Waals surface area contributed by atoms with E-state index in [0.717, 1.165) is 15.0 Å².